The van der Waals surface area contributed by atoms with E-state index in [9.17, 15) is 0 Å². The highest BCUT2D eigenvalue weighted by Crippen LogP contribution is 2.05. The standard InChI is InChI=1S/C11H19NO2/c1-3-13-8-4-7-12-9-11-6-5-10(2)14-11/h5-6,12H,3-4,7-9H2,1-2H3. The lowest BCUT2D eigenvalue weighted by Gasteiger charge is -2.02. The lowest BCUT2D eigenvalue weighted by molar-refractivity contribution is 0.144. The summed E-state index contributed by atoms with van der Waals surface area (Å²) in [5, 5.41) is 3.30. The fraction of sp³-hybridized carbons (Fsp3) is 0.636. The van der Waals surface area contributed by atoms with Crippen LogP contribution in [-0.4, -0.2) is 19.8 Å². The lowest BCUT2D eigenvalue weighted by Crippen LogP contribution is -2.15. The van der Waals surface area contributed by atoms with Crippen molar-refractivity contribution in [2.75, 3.05) is 19.8 Å². The molecule has 1 N–H and O–H groups in total. The summed E-state index contributed by atoms with van der Waals surface area (Å²) in [6.45, 7) is 7.38. The zero-order valence-corrected chi connectivity index (χ0v) is 9.01. The average molecular weight is 197 g/mol. The van der Waals surface area contributed by atoms with Crippen LogP contribution in [0.4, 0.5) is 0 Å². The molecule has 14 heavy (non-hydrogen) atoms. The molecule has 80 valence electrons. The number of nitrogens with one attached hydrogen (secondary N) is 1. The van der Waals surface area contributed by atoms with E-state index in [2.05, 4.69) is 5.32 Å². The number of hydrogen-bond donors (Lipinski definition) is 1. The van der Waals surface area contributed by atoms with Crippen molar-refractivity contribution < 1.29 is 9.15 Å². The summed E-state index contributed by atoms with van der Waals surface area (Å²) in [6, 6.07) is 3.99. The highest BCUT2D eigenvalue weighted by atomic mass is 16.5. The Morgan fingerprint density at radius 1 is 1.43 bits per heavy atom. The molecule has 0 fully saturated rings. The Bertz CT molecular complexity index is 245. The molecule has 0 spiro atoms. The summed E-state index contributed by atoms with van der Waals surface area (Å²) in [5.41, 5.74) is 0. The molecule has 3 nitrogen and oxygen atoms in total. The quantitative estimate of drug-likeness (QED) is 0.680. The molecule has 1 rings (SSSR count). The van der Waals surface area contributed by atoms with Crippen LogP contribution in [0.1, 0.15) is 24.9 Å². The Hall–Kier alpha value is -0.800. The van der Waals surface area contributed by atoms with Crippen LogP contribution in [0.3, 0.4) is 0 Å². The maximum atomic E-state index is 5.42. The average Bonchev–Trinajstić information content (AvgIpc) is 2.58. The van der Waals surface area contributed by atoms with E-state index in [1.165, 1.54) is 0 Å². The first kappa shape index (κ1) is 11.3. The molecule has 0 aromatic carbocycles. The highest BCUT2D eigenvalue weighted by Gasteiger charge is 1.96. The molecular weight excluding hydrogens is 178 g/mol. The van der Waals surface area contributed by atoms with Crippen molar-refractivity contribution in [2.24, 2.45) is 0 Å². The summed E-state index contributed by atoms with van der Waals surface area (Å²) in [4.78, 5) is 0. The molecule has 0 saturated carbocycles. The Kier molecular flexibility index (Phi) is 5.33. The van der Waals surface area contributed by atoms with Crippen molar-refractivity contribution in [3.63, 3.8) is 0 Å². The summed E-state index contributed by atoms with van der Waals surface area (Å²) in [6.07, 6.45) is 1.05. The van der Waals surface area contributed by atoms with Gasteiger partial charge in [-0.05, 0) is 38.9 Å². The zero-order chi connectivity index (χ0) is 10.2. The van der Waals surface area contributed by atoms with Gasteiger partial charge in [0.1, 0.15) is 11.5 Å². The Morgan fingerprint density at radius 3 is 2.93 bits per heavy atom. The molecule has 1 heterocycles. The van der Waals surface area contributed by atoms with Crippen molar-refractivity contribution in [2.45, 2.75) is 26.8 Å². The summed E-state index contributed by atoms with van der Waals surface area (Å²) < 4.78 is 10.6. The third kappa shape index (κ3) is 4.44. The number of furan rings is 1. The topological polar surface area (TPSA) is 34.4 Å². The van der Waals surface area contributed by atoms with Gasteiger partial charge < -0.3 is 14.5 Å². The van der Waals surface area contributed by atoms with Gasteiger partial charge in [0.05, 0.1) is 6.54 Å². The minimum absolute atomic E-state index is 0.803. The molecule has 0 amide bonds. The van der Waals surface area contributed by atoms with Crippen molar-refractivity contribution in [3.05, 3.63) is 23.7 Å². The monoisotopic (exact) mass is 197 g/mol. The van der Waals surface area contributed by atoms with Gasteiger partial charge in [-0.25, -0.2) is 0 Å². The first-order valence-electron chi connectivity index (χ1n) is 5.16. The van der Waals surface area contributed by atoms with Gasteiger partial charge in [0.15, 0.2) is 0 Å². The van der Waals surface area contributed by atoms with Crippen LogP contribution in [0.5, 0.6) is 0 Å². The van der Waals surface area contributed by atoms with E-state index in [4.69, 9.17) is 9.15 Å². The number of ether oxygens (including phenoxy) is 1. The van der Waals surface area contributed by atoms with Gasteiger partial charge in [0.25, 0.3) is 0 Å². The van der Waals surface area contributed by atoms with E-state index in [-0.39, 0.29) is 0 Å². The van der Waals surface area contributed by atoms with Crippen LogP contribution >= 0.6 is 0 Å². The molecule has 1 aromatic rings. The predicted molar refractivity (Wildman–Crippen MR) is 56.3 cm³/mol. The lowest BCUT2D eigenvalue weighted by atomic mass is 10.4. The molecule has 3 heteroatoms. The third-order valence-electron chi connectivity index (χ3n) is 1.94. The molecule has 0 saturated heterocycles. The van der Waals surface area contributed by atoms with Gasteiger partial charge >= 0.3 is 0 Å². The largest absolute Gasteiger partial charge is 0.465 e. The van der Waals surface area contributed by atoms with Gasteiger partial charge in [-0.15, -0.1) is 0 Å². The number of rotatable bonds is 7. The van der Waals surface area contributed by atoms with Gasteiger partial charge in [-0.3, -0.25) is 0 Å². The van der Waals surface area contributed by atoms with E-state index >= 15 is 0 Å². The van der Waals surface area contributed by atoms with Crippen LogP contribution in [-0.2, 0) is 11.3 Å². The van der Waals surface area contributed by atoms with Crippen LogP contribution in [0.25, 0.3) is 0 Å². The maximum Gasteiger partial charge on any atom is 0.117 e. The third-order valence-corrected chi connectivity index (χ3v) is 1.94. The second-order valence-corrected chi connectivity index (χ2v) is 3.24. The van der Waals surface area contributed by atoms with Gasteiger partial charge in [0, 0.05) is 13.2 Å². The SMILES string of the molecule is CCOCCCNCc1ccc(C)o1. The Balaban J connectivity index is 1.99. The van der Waals surface area contributed by atoms with Crippen molar-refractivity contribution in [1.82, 2.24) is 5.32 Å². The van der Waals surface area contributed by atoms with E-state index in [0.29, 0.717) is 0 Å². The van der Waals surface area contributed by atoms with Crippen molar-refractivity contribution >= 4 is 0 Å². The molecular formula is C11H19NO2. The fourth-order valence-corrected chi connectivity index (χ4v) is 1.24. The molecule has 0 aliphatic rings. The van der Waals surface area contributed by atoms with Crippen LogP contribution in [0.2, 0.25) is 0 Å². The molecule has 0 atom stereocenters. The Labute approximate surface area is 85.4 Å². The van der Waals surface area contributed by atoms with Crippen LogP contribution < -0.4 is 5.32 Å². The molecule has 0 aliphatic carbocycles. The molecule has 0 unspecified atom stereocenters. The minimum Gasteiger partial charge on any atom is -0.465 e. The van der Waals surface area contributed by atoms with E-state index in [0.717, 1.165) is 44.2 Å². The minimum atomic E-state index is 0.803. The molecule has 0 bridgehead atoms. The van der Waals surface area contributed by atoms with Crippen LogP contribution in [0, 0.1) is 6.92 Å². The summed E-state index contributed by atoms with van der Waals surface area (Å²) in [7, 11) is 0. The number of hydrogen-bond acceptors (Lipinski definition) is 3. The second-order valence-electron chi connectivity index (χ2n) is 3.24. The smallest absolute Gasteiger partial charge is 0.117 e. The van der Waals surface area contributed by atoms with Crippen LogP contribution in [0.15, 0.2) is 16.5 Å². The molecule has 0 aliphatic heterocycles. The van der Waals surface area contributed by atoms with Crippen molar-refractivity contribution in [3.8, 4) is 0 Å². The Morgan fingerprint density at radius 2 is 2.29 bits per heavy atom. The van der Waals surface area contributed by atoms with E-state index < -0.39 is 0 Å². The molecule has 0 radical (unpaired) electrons. The van der Waals surface area contributed by atoms with Crippen molar-refractivity contribution in [1.29, 1.82) is 0 Å². The highest BCUT2D eigenvalue weighted by molar-refractivity contribution is 5.04. The van der Waals surface area contributed by atoms with Gasteiger partial charge in [-0.2, -0.15) is 0 Å². The number of aryl methyl sites for hydroxylation is 1. The van der Waals surface area contributed by atoms with E-state index in [1.54, 1.807) is 0 Å². The fourth-order valence-electron chi connectivity index (χ4n) is 1.24. The zero-order valence-electron chi connectivity index (χ0n) is 9.01. The van der Waals surface area contributed by atoms with Gasteiger partial charge in [0.2, 0.25) is 0 Å². The van der Waals surface area contributed by atoms with Gasteiger partial charge in [-0.1, -0.05) is 0 Å². The predicted octanol–water partition coefficient (Wildman–Crippen LogP) is 2.10. The molecule has 1 aromatic heterocycles. The maximum absolute atomic E-state index is 5.42. The summed E-state index contributed by atoms with van der Waals surface area (Å²) in [5.74, 6) is 1.97. The summed E-state index contributed by atoms with van der Waals surface area (Å²) >= 11 is 0. The normalized spacial score (nSPS) is 10.7. The van der Waals surface area contributed by atoms with E-state index in [1.807, 2.05) is 26.0 Å². The first-order chi connectivity index (χ1) is 6.83. The second kappa shape index (κ2) is 6.62. The first-order valence-corrected chi connectivity index (χ1v) is 5.16.